The molecule has 0 aliphatic heterocycles. The Morgan fingerprint density at radius 2 is 1.65 bits per heavy atom. The summed E-state index contributed by atoms with van der Waals surface area (Å²) in [5, 5.41) is 10.0. The summed E-state index contributed by atoms with van der Waals surface area (Å²) >= 11 is 0. The van der Waals surface area contributed by atoms with E-state index in [-0.39, 0.29) is 24.4 Å². The highest BCUT2D eigenvalue weighted by Crippen LogP contribution is 2.16. The molecular weight excluding hydrogens is 330 g/mol. The van der Waals surface area contributed by atoms with Crippen LogP contribution >= 0.6 is 0 Å². The molecule has 26 heavy (non-hydrogen) atoms. The predicted octanol–water partition coefficient (Wildman–Crippen LogP) is 1.50. The Morgan fingerprint density at radius 3 is 2.23 bits per heavy atom. The Kier molecular flexibility index (Phi) is 5.16. The standard InChI is InChI=1S/C20H21N3O3/c1-14-18(19(25)15-8-4-2-5-9-15)20(26)23(16-10-6-3-7-11-16)22(14)13-17(24)12-21/h2-11,17,24H,12-13,21H2,1H3. The summed E-state index contributed by atoms with van der Waals surface area (Å²) in [6.45, 7) is 1.89. The van der Waals surface area contributed by atoms with Crippen molar-refractivity contribution >= 4 is 5.78 Å². The SMILES string of the molecule is Cc1c(C(=O)c2ccccc2)c(=O)n(-c2ccccc2)n1CC(O)CN. The fraction of sp³-hybridized carbons (Fsp3) is 0.200. The van der Waals surface area contributed by atoms with Gasteiger partial charge in [-0.15, -0.1) is 0 Å². The van der Waals surface area contributed by atoms with Crippen molar-refractivity contribution in [1.82, 2.24) is 9.36 Å². The molecule has 0 aliphatic carbocycles. The van der Waals surface area contributed by atoms with Gasteiger partial charge in [0.05, 0.1) is 18.3 Å². The van der Waals surface area contributed by atoms with Crippen molar-refractivity contribution in [2.24, 2.45) is 5.73 Å². The van der Waals surface area contributed by atoms with Crippen LogP contribution in [0.3, 0.4) is 0 Å². The molecule has 3 aromatic rings. The number of aliphatic hydroxyl groups excluding tert-OH is 1. The molecule has 1 aromatic heterocycles. The molecule has 0 fully saturated rings. The number of nitrogens with zero attached hydrogens (tertiary/aromatic N) is 2. The number of nitrogens with two attached hydrogens (primary N) is 1. The number of hydrogen-bond acceptors (Lipinski definition) is 4. The van der Waals surface area contributed by atoms with Gasteiger partial charge in [0.2, 0.25) is 0 Å². The van der Waals surface area contributed by atoms with Crippen molar-refractivity contribution in [2.75, 3.05) is 6.54 Å². The lowest BCUT2D eigenvalue weighted by molar-refractivity contribution is 0.103. The van der Waals surface area contributed by atoms with E-state index in [2.05, 4.69) is 0 Å². The smallest absolute Gasteiger partial charge is 0.282 e. The van der Waals surface area contributed by atoms with Crippen molar-refractivity contribution in [1.29, 1.82) is 0 Å². The lowest BCUT2D eigenvalue weighted by atomic mass is 10.0. The molecular formula is C20H21N3O3. The number of benzene rings is 2. The lowest BCUT2D eigenvalue weighted by Gasteiger charge is -2.16. The van der Waals surface area contributed by atoms with Crippen molar-refractivity contribution < 1.29 is 9.90 Å². The van der Waals surface area contributed by atoms with Gasteiger partial charge in [-0.05, 0) is 19.1 Å². The summed E-state index contributed by atoms with van der Waals surface area (Å²) in [6, 6.07) is 17.7. The third-order valence-electron chi connectivity index (χ3n) is 4.32. The topological polar surface area (TPSA) is 90.2 Å². The molecule has 0 aliphatic rings. The maximum Gasteiger partial charge on any atom is 0.282 e. The number of carbonyl (C=O) groups is 1. The van der Waals surface area contributed by atoms with Crippen LogP contribution in [0.5, 0.6) is 0 Å². The monoisotopic (exact) mass is 351 g/mol. The van der Waals surface area contributed by atoms with Gasteiger partial charge in [0.25, 0.3) is 5.56 Å². The second-order valence-electron chi connectivity index (χ2n) is 6.08. The first-order chi connectivity index (χ1) is 12.5. The summed E-state index contributed by atoms with van der Waals surface area (Å²) < 4.78 is 3.04. The van der Waals surface area contributed by atoms with Crippen LogP contribution < -0.4 is 11.3 Å². The molecule has 0 saturated carbocycles. The molecule has 3 N–H and O–H groups in total. The minimum Gasteiger partial charge on any atom is -0.390 e. The molecule has 2 aromatic carbocycles. The number of rotatable bonds is 6. The normalized spacial score (nSPS) is 12.1. The molecule has 0 bridgehead atoms. The predicted molar refractivity (Wildman–Crippen MR) is 99.7 cm³/mol. The van der Waals surface area contributed by atoms with Gasteiger partial charge >= 0.3 is 0 Å². The number of aliphatic hydroxyl groups is 1. The summed E-state index contributed by atoms with van der Waals surface area (Å²) in [5.74, 6) is -0.334. The van der Waals surface area contributed by atoms with Crippen LogP contribution in [0.15, 0.2) is 65.5 Å². The van der Waals surface area contributed by atoms with E-state index in [1.807, 2.05) is 24.3 Å². The largest absolute Gasteiger partial charge is 0.390 e. The average molecular weight is 351 g/mol. The molecule has 0 radical (unpaired) electrons. The number of para-hydroxylation sites is 1. The van der Waals surface area contributed by atoms with E-state index in [1.165, 1.54) is 4.68 Å². The van der Waals surface area contributed by atoms with Gasteiger partial charge in [0.15, 0.2) is 5.78 Å². The first-order valence-electron chi connectivity index (χ1n) is 8.40. The third-order valence-corrected chi connectivity index (χ3v) is 4.32. The molecule has 134 valence electrons. The maximum absolute atomic E-state index is 13.1. The Bertz CT molecular complexity index is 959. The van der Waals surface area contributed by atoms with E-state index in [9.17, 15) is 14.7 Å². The quantitative estimate of drug-likeness (QED) is 0.659. The number of carbonyl (C=O) groups excluding carboxylic acids is 1. The minimum absolute atomic E-state index is 0.0581. The third kappa shape index (κ3) is 3.24. The number of aromatic nitrogens is 2. The van der Waals surface area contributed by atoms with Crippen LogP contribution in [-0.2, 0) is 6.54 Å². The zero-order valence-electron chi connectivity index (χ0n) is 14.5. The fourth-order valence-corrected chi connectivity index (χ4v) is 2.96. The Labute approximate surface area is 151 Å². The zero-order valence-corrected chi connectivity index (χ0v) is 14.5. The molecule has 6 nitrogen and oxygen atoms in total. The van der Waals surface area contributed by atoms with E-state index in [4.69, 9.17) is 5.73 Å². The van der Waals surface area contributed by atoms with E-state index >= 15 is 0 Å². The molecule has 1 heterocycles. The second-order valence-corrected chi connectivity index (χ2v) is 6.08. The highest BCUT2D eigenvalue weighted by atomic mass is 16.3. The van der Waals surface area contributed by atoms with Gasteiger partial charge in [0.1, 0.15) is 5.56 Å². The molecule has 6 heteroatoms. The van der Waals surface area contributed by atoms with Crippen LogP contribution in [0.4, 0.5) is 0 Å². The zero-order chi connectivity index (χ0) is 18.7. The van der Waals surface area contributed by atoms with Crippen molar-refractivity contribution in [3.05, 3.63) is 87.8 Å². The van der Waals surface area contributed by atoms with Gasteiger partial charge in [0, 0.05) is 17.8 Å². The molecule has 0 amide bonds. The summed E-state index contributed by atoms with van der Waals surface area (Å²) in [4.78, 5) is 26.0. The van der Waals surface area contributed by atoms with Gasteiger partial charge in [-0.25, -0.2) is 4.68 Å². The maximum atomic E-state index is 13.1. The summed E-state index contributed by atoms with van der Waals surface area (Å²) in [5.41, 5.74) is 6.80. The van der Waals surface area contributed by atoms with Crippen molar-refractivity contribution in [3.8, 4) is 5.69 Å². The molecule has 0 saturated heterocycles. The van der Waals surface area contributed by atoms with Crippen LogP contribution in [0.1, 0.15) is 21.6 Å². The minimum atomic E-state index is -0.824. The molecule has 0 spiro atoms. The molecule has 3 rings (SSSR count). The van der Waals surface area contributed by atoms with Crippen LogP contribution in [0.25, 0.3) is 5.69 Å². The summed E-state index contributed by atoms with van der Waals surface area (Å²) in [6.07, 6.45) is -0.824. The first kappa shape index (κ1) is 17.8. The summed E-state index contributed by atoms with van der Waals surface area (Å²) in [7, 11) is 0. The van der Waals surface area contributed by atoms with Gasteiger partial charge in [-0.1, -0.05) is 48.5 Å². The van der Waals surface area contributed by atoms with E-state index in [0.29, 0.717) is 16.9 Å². The van der Waals surface area contributed by atoms with Gasteiger partial charge in [-0.2, -0.15) is 0 Å². The Hall–Kier alpha value is -2.96. The van der Waals surface area contributed by atoms with Crippen LogP contribution in [0.2, 0.25) is 0 Å². The fourth-order valence-electron chi connectivity index (χ4n) is 2.96. The van der Waals surface area contributed by atoms with Crippen molar-refractivity contribution in [2.45, 2.75) is 19.6 Å². The van der Waals surface area contributed by atoms with Crippen LogP contribution in [-0.4, -0.2) is 32.9 Å². The Morgan fingerprint density at radius 1 is 1.08 bits per heavy atom. The van der Waals surface area contributed by atoms with Crippen LogP contribution in [0, 0.1) is 6.92 Å². The van der Waals surface area contributed by atoms with E-state index in [0.717, 1.165) is 0 Å². The van der Waals surface area contributed by atoms with E-state index < -0.39 is 11.7 Å². The van der Waals surface area contributed by atoms with E-state index in [1.54, 1.807) is 48.0 Å². The Balaban J connectivity index is 2.21. The second kappa shape index (κ2) is 7.51. The number of ketones is 1. The number of hydrogen-bond donors (Lipinski definition) is 2. The van der Waals surface area contributed by atoms with Gasteiger partial charge in [-0.3, -0.25) is 14.3 Å². The van der Waals surface area contributed by atoms with Gasteiger partial charge < -0.3 is 10.8 Å². The highest BCUT2D eigenvalue weighted by molar-refractivity contribution is 6.09. The van der Waals surface area contributed by atoms with Crippen molar-refractivity contribution in [3.63, 3.8) is 0 Å². The average Bonchev–Trinajstić information content (AvgIpc) is 2.92. The molecule has 1 unspecified atom stereocenters. The first-order valence-corrected chi connectivity index (χ1v) is 8.40. The molecule has 1 atom stereocenters. The highest BCUT2D eigenvalue weighted by Gasteiger charge is 2.25. The lowest BCUT2D eigenvalue weighted by Crippen LogP contribution is -2.31.